The fraction of sp³-hybridized carbons (Fsp3) is 0.824. The third-order valence-corrected chi connectivity index (χ3v) is 6.51. The monoisotopic (exact) mass is 275 g/mol. The highest BCUT2D eigenvalue weighted by Gasteiger charge is 2.61. The SMILES string of the molecule is CCN(CC)CCn1ncc2c1C1(C)CCC2C1(C)C. The molecule has 1 aromatic rings. The molecular formula is C17H29N3. The van der Waals surface area contributed by atoms with Crippen molar-refractivity contribution in [3.63, 3.8) is 0 Å². The summed E-state index contributed by atoms with van der Waals surface area (Å²) in [7, 11) is 0. The zero-order valence-electron chi connectivity index (χ0n) is 13.7. The molecule has 0 saturated heterocycles. The second-order valence-corrected chi connectivity index (χ2v) is 7.34. The summed E-state index contributed by atoms with van der Waals surface area (Å²) in [4.78, 5) is 2.48. The fourth-order valence-corrected chi connectivity index (χ4v) is 4.67. The van der Waals surface area contributed by atoms with Crippen LogP contribution in [0.3, 0.4) is 0 Å². The van der Waals surface area contributed by atoms with Gasteiger partial charge in [-0.05, 0) is 42.8 Å². The van der Waals surface area contributed by atoms with Gasteiger partial charge in [0.25, 0.3) is 0 Å². The van der Waals surface area contributed by atoms with Crippen LogP contribution in [0.25, 0.3) is 0 Å². The Labute approximate surface area is 123 Å². The fourth-order valence-electron chi connectivity index (χ4n) is 4.67. The van der Waals surface area contributed by atoms with Gasteiger partial charge in [-0.15, -0.1) is 0 Å². The van der Waals surface area contributed by atoms with Crippen molar-refractivity contribution in [2.24, 2.45) is 5.41 Å². The zero-order valence-corrected chi connectivity index (χ0v) is 13.7. The minimum absolute atomic E-state index is 0.326. The van der Waals surface area contributed by atoms with Crippen molar-refractivity contribution in [1.29, 1.82) is 0 Å². The Bertz CT molecular complexity index is 498. The molecule has 3 heteroatoms. The molecule has 1 heterocycles. The number of nitrogens with zero attached hydrogens (tertiary/aromatic N) is 3. The lowest BCUT2D eigenvalue weighted by molar-refractivity contribution is 0.213. The van der Waals surface area contributed by atoms with Crippen LogP contribution in [0, 0.1) is 5.41 Å². The number of hydrogen-bond acceptors (Lipinski definition) is 2. The quantitative estimate of drug-likeness (QED) is 0.821. The molecule has 1 saturated carbocycles. The van der Waals surface area contributed by atoms with Crippen molar-refractivity contribution in [3.05, 3.63) is 17.5 Å². The average Bonchev–Trinajstić information content (AvgIpc) is 2.98. The van der Waals surface area contributed by atoms with E-state index in [0.29, 0.717) is 10.8 Å². The van der Waals surface area contributed by atoms with Crippen LogP contribution in [0.15, 0.2) is 6.20 Å². The largest absolute Gasteiger partial charge is 0.302 e. The highest BCUT2D eigenvalue weighted by molar-refractivity contribution is 5.44. The van der Waals surface area contributed by atoms with Crippen molar-refractivity contribution >= 4 is 0 Å². The summed E-state index contributed by atoms with van der Waals surface area (Å²) < 4.78 is 2.31. The first kappa shape index (κ1) is 14.1. The zero-order chi connectivity index (χ0) is 14.5. The molecular weight excluding hydrogens is 246 g/mol. The van der Waals surface area contributed by atoms with E-state index in [9.17, 15) is 0 Å². The third kappa shape index (κ3) is 1.65. The van der Waals surface area contributed by atoms with E-state index in [2.05, 4.69) is 50.4 Å². The first-order valence-electron chi connectivity index (χ1n) is 8.24. The Kier molecular flexibility index (Phi) is 3.24. The van der Waals surface area contributed by atoms with Gasteiger partial charge >= 0.3 is 0 Å². The van der Waals surface area contributed by atoms with Crippen LogP contribution in [0.5, 0.6) is 0 Å². The van der Waals surface area contributed by atoms with E-state index in [-0.39, 0.29) is 0 Å². The summed E-state index contributed by atoms with van der Waals surface area (Å²) in [5.41, 5.74) is 3.82. The van der Waals surface area contributed by atoms with Crippen molar-refractivity contribution in [2.75, 3.05) is 19.6 Å². The molecule has 20 heavy (non-hydrogen) atoms. The molecule has 0 spiro atoms. The van der Waals surface area contributed by atoms with Gasteiger partial charge in [-0.25, -0.2) is 0 Å². The standard InChI is InChI=1S/C17H29N3/c1-6-19(7-2)10-11-20-15-13(12-18-20)14-8-9-17(15,5)16(14,3)4/h12,14H,6-11H2,1-5H3. The van der Waals surface area contributed by atoms with E-state index in [1.165, 1.54) is 12.8 Å². The van der Waals surface area contributed by atoms with Crippen molar-refractivity contribution in [3.8, 4) is 0 Å². The molecule has 3 nitrogen and oxygen atoms in total. The van der Waals surface area contributed by atoms with Crippen LogP contribution in [0.1, 0.15) is 64.6 Å². The lowest BCUT2D eigenvalue weighted by atomic mass is 9.70. The maximum Gasteiger partial charge on any atom is 0.0540 e. The summed E-state index contributed by atoms with van der Waals surface area (Å²) in [5.74, 6) is 0.727. The Morgan fingerprint density at radius 3 is 2.65 bits per heavy atom. The van der Waals surface area contributed by atoms with Crippen LogP contribution in [0.2, 0.25) is 0 Å². The lowest BCUT2D eigenvalue weighted by Crippen LogP contribution is -2.35. The van der Waals surface area contributed by atoms with E-state index in [4.69, 9.17) is 5.10 Å². The van der Waals surface area contributed by atoms with Gasteiger partial charge in [-0.2, -0.15) is 5.10 Å². The van der Waals surface area contributed by atoms with Gasteiger partial charge in [0.2, 0.25) is 0 Å². The van der Waals surface area contributed by atoms with Gasteiger partial charge in [-0.3, -0.25) is 4.68 Å². The first-order valence-corrected chi connectivity index (χ1v) is 8.24. The number of fused-ring (bicyclic) bond motifs is 5. The number of aromatic nitrogens is 2. The lowest BCUT2D eigenvalue weighted by Gasteiger charge is -2.36. The molecule has 1 aromatic heterocycles. The van der Waals surface area contributed by atoms with Gasteiger partial charge in [0.15, 0.2) is 0 Å². The van der Waals surface area contributed by atoms with Gasteiger partial charge in [0.1, 0.15) is 0 Å². The Morgan fingerprint density at radius 2 is 2.00 bits per heavy atom. The molecule has 2 bridgehead atoms. The summed E-state index contributed by atoms with van der Waals surface area (Å²) in [6, 6.07) is 0. The van der Waals surface area contributed by atoms with Crippen LogP contribution in [-0.4, -0.2) is 34.3 Å². The maximum absolute atomic E-state index is 4.72. The normalized spacial score (nSPS) is 30.2. The van der Waals surface area contributed by atoms with E-state index >= 15 is 0 Å². The van der Waals surface area contributed by atoms with Gasteiger partial charge in [0.05, 0.1) is 12.7 Å². The van der Waals surface area contributed by atoms with E-state index in [1.807, 2.05) is 0 Å². The maximum atomic E-state index is 4.72. The highest BCUT2D eigenvalue weighted by atomic mass is 15.3. The second kappa shape index (κ2) is 4.59. The van der Waals surface area contributed by atoms with Crippen LogP contribution in [-0.2, 0) is 12.0 Å². The third-order valence-electron chi connectivity index (χ3n) is 6.51. The summed E-state index contributed by atoms with van der Waals surface area (Å²) in [6.45, 7) is 16.3. The van der Waals surface area contributed by atoms with Gasteiger partial charge in [-0.1, -0.05) is 34.6 Å². The molecule has 112 valence electrons. The molecule has 3 rings (SSSR count). The molecule has 2 atom stereocenters. The van der Waals surface area contributed by atoms with Crippen LogP contribution >= 0.6 is 0 Å². The second-order valence-electron chi connectivity index (χ2n) is 7.34. The van der Waals surface area contributed by atoms with Gasteiger partial charge in [0, 0.05) is 17.7 Å². The summed E-state index contributed by atoms with van der Waals surface area (Å²) in [6.07, 6.45) is 4.83. The van der Waals surface area contributed by atoms with E-state index < -0.39 is 0 Å². The minimum Gasteiger partial charge on any atom is -0.302 e. The molecule has 0 amide bonds. The summed E-state index contributed by atoms with van der Waals surface area (Å²) in [5, 5.41) is 4.72. The molecule has 2 unspecified atom stereocenters. The predicted molar refractivity (Wildman–Crippen MR) is 83.1 cm³/mol. The van der Waals surface area contributed by atoms with Gasteiger partial charge < -0.3 is 4.90 Å². The van der Waals surface area contributed by atoms with E-state index in [1.54, 1.807) is 11.3 Å². The summed E-state index contributed by atoms with van der Waals surface area (Å²) >= 11 is 0. The molecule has 0 radical (unpaired) electrons. The Balaban J connectivity index is 1.87. The number of likely N-dealkylation sites (N-methyl/N-ethyl adjacent to an activating group) is 1. The number of rotatable bonds is 5. The Morgan fingerprint density at radius 1 is 1.30 bits per heavy atom. The van der Waals surface area contributed by atoms with Crippen molar-refractivity contribution < 1.29 is 0 Å². The first-order chi connectivity index (χ1) is 9.45. The highest BCUT2D eigenvalue weighted by Crippen LogP contribution is 2.67. The molecule has 2 aliphatic carbocycles. The topological polar surface area (TPSA) is 21.1 Å². The predicted octanol–water partition coefficient (Wildman–Crippen LogP) is 3.40. The van der Waals surface area contributed by atoms with E-state index in [0.717, 1.165) is 32.1 Å². The van der Waals surface area contributed by atoms with Crippen LogP contribution in [0.4, 0.5) is 0 Å². The van der Waals surface area contributed by atoms with Crippen molar-refractivity contribution in [1.82, 2.24) is 14.7 Å². The molecule has 0 N–H and O–H groups in total. The molecule has 0 aromatic carbocycles. The minimum atomic E-state index is 0.326. The average molecular weight is 275 g/mol. The number of hydrogen-bond donors (Lipinski definition) is 0. The Hall–Kier alpha value is -0.830. The van der Waals surface area contributed by atoms with Crippen LogP contribution < -0.4 is 0 Å². The molecule has 2 aliphatic rings. The smallest absolute Gasteiger partial charge is 0.0540 e. The van der Waals surface area contributed by atoms with Crippen molar-refractivity contribution in [2.45, 2.75) is 65.3 Å². The molecule has 0 aliphatic heterocycles. The molecule has 1 fully saturated rings.